The van der Waals surface area contributed by atoms with Gasteiger partial charge in [0.2, 0.25) is 0 Å². The van der Waals surface area contributed by atoms with Crippen LogP contribution in [-0.4, -0.2) is 129 Å². The average Bonchev–Trinajstić information content (AvgIpc) is 3.06. The molecule has 0 fully saturated rings. The van der Waals surface area contributed by atoms with Gasteiger partial charge in [0, 0.05) is 6.42 Å². The first-order chi connectivity index (χ1) is 23.2. The van der Waals surface area contributed by atoms with Crippen molar-refractivity contribution in [3.05, 3.63) is 0 Å². The van der Waals surface area contributed by atoms with Crippen LogP contribution >= 0.6 is 0 Å². The lowest BCUT2D eigenvalue weighted by molar-refractivity contribution is -0.145. The van der Waals surface area contributed by atoms with Gasteiger partial charge in [0.1, 0.15) is 6.61 Å². The first-order valence-corrected chi connectivity index (χ1v) is 18.2. The third-order valence-electron chi connectivity index (χ3n) is 7.04. The SMILES string of the molecule is CCCCCCCCCCCCCCCC(=O)OCCOCCOCCOCCOCCOCCOCCOCCOCCC(=O)O. The van der Waals surface area contributed by atoms with Crippen LogP contribution in [0.15, 0.2) is 0 Å². The summed E-state index contributed by atoms with van der Waals surface area (Å²) in [7, 11) is 0. The molecule has 0 aliphatic heterocycles. The molecule has 1 N–H and O–H groups in total. The van der Waals surface area contributed by atoms with Crippen LogP contribution in [0.4, 0.5) is 0 Å². The molecule has 0 spiro atoms. The highest BCUT2D eigenvalue weighted by atomic mass is 16.6. The minimum absolute atomic E-state index is 0.00197. The standard InChI is InChI=1S/C35H68O12/c1-2-3-4-5-6-7-8-9-10-11-12-13-14-15-35(38)47-33-32-46-31-30-45-29-28-44-27-26-43-25-24-42-23-22-41-21-20-40-19-18-39-17-16-34(36)37/h2-33H2,1H3,(H,36,37). The number of carbonyl (C=O) groups is 2. The second-order valence-corrected chi connectivity index (χ2v) is 11.3. The Hall–Kier alpha value is -1.38. The van der Waals surface area contributed by atoms with Crippen molar-refractivity contribution >= 4 is 11.9 Å². The second-order valence-electron chi connectivity index (χ2n) is 11.3. The number of hydrogen-bond donors (Lipinski definition) is 1. The van der Waals surface area contributed by atoms with Crippen LogP contribution in [0.5, 0.6) is 0 Å². The summed E-state index contributed by atoms with van der Waals surface area (Å²) in [5, 5.41) is 8.49. The van der Waals surface area contributed by atoms with Crippen molar-refractivity contribution in [3.63, 3.8) is 0 Å². The van der Waals surface area contributed by atoms with Crippen LogP contribution in [0.1, 0.15) is 103 Å². The van der Waals surface area contributed by atoms with E-state index in [1.165, 1.54) is 70.6 Å². The maximum atomic E-state index is 11.8. The molecule has 0 saturated heterocycles. The molecule has 0 aromatic heterocycles. The summed E-state index contributed by atoms with van der Waals surface area (Å²) in [6.45, 7) is 9.55. The maximum absolute atomic E-state index is 11.8. The second kappa shape index (κ2) is 40.8. The molecule has 0 aliphatic rings. The van der Waals surface area contributed by atoms with Crippen molar-refractivity contribution < 1.29 is 57.3 Å². The Morgan fingerprint density at radius 3 is 0.957 bits per heavy atom. The quantitative estimate of drug-likeness (QED) is 0.0634. The van der Waals surface area contributed by atoms with Crippen LogP contribution in [0.25, 0.3) is 0 Å². The molecule has 0 aromatic rings. The Labute approximate surface area is 284 Å². The molecule has 0 unspecified atom stereocenters. The number of aliphatic carboxylic acids is 1. The van der Waals surface area contributed by atoms with E-state index in [1.807, 2.05) is 0 Å². The summed E-state index contributed by atoms with van der Waals surface area (Å²) in [4.78, 5) is 22.2. The fourth-order valence-electron chi connectivity index (χ4n) is 4.37. The van der Waals surface area contributed by atoms with Crippen molar-refractivity contribution in [2.45, 2.75) is 103 Å². The number of unbranched alkanes of at least 4 members (excludes halogenated alkanes) is 12. The monoisotopic (exact) mass is 680 g/mol. The maximum Gasteiger partial charge on any atom is 0.305 e. The van der Waals surface area contributed by atoms with E-state index in [-0.39, 0.29) is 25.6 Å². The normalized spacial score (nSPS) is 11.3. The fourth-order valence-corrected chi connectivity index (χ4v) is 4.37. The molecule has 0 aromatic carbocycles. The van der Waals surface area contributed by atoms with Crippen molar-refractivity contribution in [2.75, 3.05) is 112 Å². The van der Waals surface area contributed by atoms with Crippen molar-refractivity contribution in [1.82, 2.24) is 0 Å². The van der Waals surface area contributed by atoms with Gasteiger partial charge in [-0.15, -0.1) is 0 Å². The average molecular weight is 681 g/mol. The van der Waals surface area contributed by atoms with E-state index < -0.39 is 5.97 Å². The molecule has 0 heterocycles. The minimum atomic E-state index is -0.874. The van der Waals surface area contributed by atoms with E-state index >= 15 is 0 Å². The number of rotatable bonds is 41. The van der Waals surface area contributed by atoms with E-state index in [0.29, 0.717) is 106 Å². The molecule has 0 aliphatic carbocycles. The zero-order valence-electron chi connectivity index (χ0n) is 29.6. The minimum Gasteiger partial charge on any atom is -0.481 e. The lowest BCUT2D eigenvalue weighted by Crippen LogP contribution is -2.15. The van der Waals surface area contributed by atoms with Gasteiger partial charge in [-0.05, 0) is 6.42 Å². The van der Waals surface area contributed by atoms with Gasteiger partial charge in [0.25, 0.3) is 0 Å². The van der Waals surface area contributed by atoms with Crippen molar-refractivity contribution in [2.24, 2.45) is 0 Å². The number of esters is 1. The lowest BCUT2D eigenvalue weighted by atomic mass is 10.0. The number of hydrogen-bond acceptors (Lipinski definition) is 11. The number of carbonyl (C=O) groups excluding carboxylic acids is 1. The van der Waals surface area contributed by atoms with Gasteiger partial charge in [-0.2, -0.15) is 0 Å². The molecular weight excluding hydrogens is 612 g/mol. The Kier molecular flexibility index (Phi) is 39.6. The van der Waals surface area contributed by atoms with Gasteiger partial charge in [-0.1, -0.05) is 84.0 Å². The predicted octanol–water partition coefficient (Wildman–Crippen LogP) is 5.62. The highest BCUT2D eigenvalue weighted by Gasteiger charge is 2.03. The Morgan fingerprint density at radius 2 is 0.638 bits per heavy atom. The van der Waals surface area contributed by atoms with Crippen LogP contribution < -0.4 is 0 Å². The summed E-state index contributed by atoms with van der Waals surface area (Å²) >= 11 is 0. The molecule has 0 saturated carbocycles. The van der Waals surface area contributed by atoms with Crippen LogP contribution in [0, 0.1) is 0 Å². The fraction of sp³-hybridized carbons (Fsp3) is 0.943. The highest BCUT2D eigenvalue weighted by molar-refractivity contribution is 5.69. The summed E-state index contributed by atoms with van der Waals surface area (Å²) < 4.78 is 48.3. The zero-order chi connectivity index (χ0) is 34.1. The first-order valence-electron chi connectivity index (χ1n) is 18.2. The van der Waals surface area contributed by atoms with E-state index in [0.717, 1.165) is 12.8 Å². The summed E-state index contributed by atoms with van der Waals surface area (Å²) in [6, 6.07) is 0. The molecule has 47 heavy (non-hydrogen) atoms. The van der Waals surface area contributed by atoms with Gasteiger partial charge in [0.05, 0.1) is 112 Å². The van der Waals surface area contributed by atoms with E-state index in [1.54, 1.807) is 0 Å². The molecule has 12 heteroatoms. The van der Waals surface area contributed by atoms with Gasteiger partial charge >= 0.3 is 11.9 Å². The van der Waals surface area contributed by atoms with Gasteiger partial charge in [-0.3, -0.25) is 9.59 Å². The van der Waals surface area contributed by atoms with Crippen molar-refractivity contribution in [3.8, 4) is 0 Å². The number of carboxylic acid groups (broad SMARTS) is 1. The van der Waals surface area contributed by atoms with Gasteiger partial charge < -0.3 is 47.7 Å². The number of ether oxygens (including phenoxy) is 9. The van der Waals surface area contributed by atoms with Crippen LogP contribution in [0.3, 0.4) is 0 Å². The third-order valence-corrected chi connectivity index (χ3v) is 7.04. The summed E-state index contributed by atoms with van der Waals surface area (Å²) in [6.07, 6.45) is 17.3. The van der Waals surface area contributed by atoms with E-state index in [4.69, 9.17) is 47.7 Å². The Morgan fingerprint density at radius 1 is 0.362 bits per heavy atom. The molecular formula is C35H68O12. The Balaban J connectivity index is 3.13. The smallest absolute Gasteiger partial charge is 0.305 e. The number of carboxylic acids is 1. The lowest BCUT2D eigenvalue weighted by Gasteiger charge is -2.09. The zero-order valence-corrected chi connectivity index (χ0v) is 29.6. The van der Waals surface area contributed by atoms with Crippen molar-refractivity contribution in [1.29, 1.82) is 0 Å². The van der Waals surface area contributed by atoms with E-state index in [2.05, 4.69) is 6.92 Å². The molecule has 280 valence electrons. The third kappa shape index (κ3) is 42.6. The molecule has 0 amide bonds. The molecule has 0 radical (unpaired) electrons. The molecule has 0 bridgehead atoms. The molecule has 0 rings (SSSR count). The predicted molar refractivity (Wildman–Crippen MR) is 180 cm³/mol. The van der Waals surface area contributed by atoms with Crippen LogP contribution in [0.2, 0.25) is 0 Å². The van der Waals surface area contributed by atoms with E-state index in [9.17, 15) is 9.59 Å². The largest absolute Gasteiger partial charge is 0.481 e. The molecule has 12 nitrogen and oxygen atoms in total. The Bertz CT molecular complexity index is 638. The summed E-state index contributed by atoms with van der Waals surface area (Å²) in [5.74, 6) is -1.01. The summed E-state index contributed by atoms with van der Waals surface area (Å²) in [5.41, 5.74) is 0. The van der Waals surface area contributed by atoms with Crippen LogP contribution in [-0.2, 0) is 52.2 Å². The first kappa shape index (κ1) is 45.6. The highest BCUT2D eigenvalue weighted by Crippen LogP contribution is 2.13. The molecule has 0 atom stereocenters. The van der Waals surface area contributed by atoms with Gasteiger partial charge in [0.15, 0.2) is 0 Å². The van der Waals surface area contributed by atoms with Gasteiger partial charge in [-0.25, -0.2) is 0 Å². The topological polar surface area (TPSA) is 137 Å².